The van der Waals surface area contributed by atoms with Gasteiger partial charge in [-0.1, -0.05) is 18.2 Å². The molecule has 28 heavy (non-hydrogen) atoms. The molecule has 2 unspecified atom stereocenters. The fraction of sp³-hybridized carbons (Fsp3) is 0.667. The fourth-order valence-electron chi connectivity index (χ4n) is 4.75. The fourth-order valence-corrected chi connectivity index (χ4v) is 4.75. The van der Waals surface area contributed by atoms with Crippen molar-refractivity contribution in [1.82, 2.24) is 15.1 Å². The SMILES string of the molecule is Cl.Cl.O=C(CC1CC2CCC(C1)N2)N1CCN(CCOc2ccccc2)CC1. The van der Waals surface area contributed by atoms with E-state index in [0.29, 0.717) is 30.5 Å². The summed E-state index contributed by atoms with van der Waals surface area (Å²) in [6, 6.07) is 11.3. The molecule has 0 radical (unpaired) electrons. The van der Waals surface area contributed by atoms with Crippen LogP contribution in [0.1, 0.15) is 32.1 Å². The molecule has 1 N–H and O–H groups in total. The zero-order chi connectivity index (χ0) is 17.8. The van der Waals surface area contributed by atoms with Crippen molar-refractivity contribution >= 4 is 30.7 Å². The standard InChI is InChI=1S/C21H31N3O2.2ClH/c25-21(16-17-14-18-6-7-19(15-17)22-18)24-10-8-23(9-11-24)12-13-26-20-4-2-1-3-5-20;;/h1-5,17-19,22H,6-16H2;2*1H. The topological polar surface area (TPSA) is 44.8 Å². The summed E-state index contributed by atoms with van der Waals surface area (Å²) in [7, 11) is 0. The van der Waals surface area contributed by atoms with E-state index in [1.807, 2.05) is 30.3 Å². The van der Waals surface area contributed by atoms with Crippen molar-refractivity contribution in [3.8, 4) is 5.75 Å². The second-order valence-electron chi connectivity index (χ2n) is 8.06. The van der Waals surface area contributed by atoms with E-state index in [4.69, 9.17) is 4.74 Å². The van der Waals surface area contributed by atoms with Crippen molar-refractivity contribution < 1.29 is 9.53 Å². The monoisotopic (exact) mass is 429 g/mol. The second kappa shape index (κ2) is 11.2. The number of carbonyl (C=O) groups excluding carboxylic acids is 1. The first-order valence-electron chi connectivity index (χ1n) is 10.2. The molecule has 5 nitrogen and oxygen atoms in total. The lowest BCUT2D eigenvalue weighted by molar-refractivity contribution is -0.134. The minimum absolute atomic E-state index is 0. The molecule has 0 spiro atoms. The Kier molecular flexibility index (Phi) is 9.35. The Bertz CT molecular complexity index is 585. The maximum Gasteiger partial charge on any atom is 0.222 e. The molecule has 1 amide bonds. The van der Waals surface area contributed by atoms with Crippen LogP contribution in [-0.4, -0.2) is 67.1 Å². The Balaban J connectivity index is 0.00000140. The Morgan fingerprint density at radius 1 is 1.00 bits per heavy atom. The van der Waals surface area contributed by atoms with E-state index in [1.54, 1.807) is 0 Å². The van der Waals surface area contributed by atoms with Crippen LogP contribution < -0.4 is 10.1 Å². The maximum absolute atomic E-state index is 12.7. The molecule has 2 bridgehead atoms. The Labute approximate surface area is 181 Å². The molecule has 158 valence electrons. The van der Waals surface area contributed by atoms with Crippen LogP contribution in [0.2, 0.25) is 0 Å². The van der Waals surface area contributed by atoms with Crippen molar-refractivity contribution in [3.05, 3.63) is 30.3 Å². The predicted octanol–water partition coefficient (Wildman–Crippen LogP) is 2.97. The number of benzene rings is 1. The highest BCUT2D eigenvalue weighted by atomic mass is 35.5. The van der Waals surface area contributed by atoms with Gasteiger partial charge in [-0.25, -0.2) is 0 Å². The van der Waals surface area contributed by atoms with Gasteiger partial charge in [0, 0.05) is 51.2 Å². The summed E-state index contributed by atoms with van der Waals surface area (Å²) in [6.45, 7) is 5.27. The van der Waals surface area contributed by atoms with Gasteiger partial charge >= 0.3 is 0 Å². The number of nitrogens with one attached hydrogen (secondary N) is 1. The second-order valence-corrected chi connectivity index (χ2v) is 8.06. The molecule has 3 aliphatic heterocycles. The Morgan fingerprint density at radius 2 is 1.64 bits per heavy atom. The summed E-state index contributed by atoms with van der Waals surface area (Å²) in [5, 5.41) is 3.67. The van der Waals surface area contributed by atoms with Gasteiger partial charge in [0.05, 0.1) is 0 Å². The number of para-hydroxylation sites is 1. The van der Waals surface area contributed by atoms with Gasteiger partial charge < -0.3 is 15.0 Å². The largest absolute Gasteiger partial charge is 0.492 e. The first-order chi connectivity index (χ1) is 12.8. The minimum atomic E-state index is 0. The first-order valence-corrected chi connectivity index (χ1v) is 10.2. The van der Waals surface area contributed by atoms with Crippen LogP contribution in [-0.2, 0) is 4.79 Å². The lowest BCUT2D eigenvalue weighted by atomic mass is 9.89. The molecule has 2 atom stereocenters. The van der Waals surface area contributed by atoms with Crippen molar-refractivity contribution in [2.75, 3.05) is 39.3 Å². The van der Waals surface area contributed by atoms with E-state index in [-0.39, 0.29) is 24.8 Å². The van der Waals surface area contributed by atoms with E-state index < -0.39 is 0 Å². The summed E-state index contributed by atoms with van der Waals surface area (Å²) in [5.74, 6) is 1.90. The maximum atomic E-state index is 12.7. The van der Waals surface area contributed by atoms with Crippen molar-refractivity contribution in [2.45, 2.75) is 44.2 Å². The third kappa shape index (κ3) is 6.24. The van der Waals surface area contributed by atoms with Crippen molar-refractivity contribution in [1.29, 1.82) is 0 Å². The summed E-state index contributed by atoms with van der Waals surface area (Å²) in [4.78, 5) is 17.2. The molecule has 1 aromatic rings. The number of carbonyl (C=O) groups is 1. The zero-order valence-electron chi connectivity index (χ0n) is 16.4. The third-order valence-electron chi connectivity index (χ3n) is 6.18. The number of fused-ring (bicyclic) bond motifs is 2. The highest BCUT2D eigenvalue weighted by molar-refractivity contribution is 5.85. The van der Waals surface area contributed by atoms with Gasteiger partial charge in [0.2, 0.25) is 5.91 Å². The van der Waals surface area contributed by atoms with Crippen LogP contribution in [0, 0.1) is 5.92 Å². The van der Waals surface area contributed by atoms with E-state index >= 15 is 0 Å². The number of halogens is 2. The molecule has 0 aliphatic carbocycles. The molecule has 0 saturated carbocycles. The molecular weight excluding hydrogens is 397 g/mol. The van der Waals surface area contributed by atoms with Gasteiger partial charge in [-0.3, -0.25) is 9.69 Å². The molecule has 1 aromatic carbocycles. The Hall–Kier alpha value is -1.01. The minimum Gasteiger partial charge on any atom is -0.492 e. The Morgan fingerprint density at radius 3 is 2.29 bits per heavy atom. The average molecular weight is 430 g/mol. The predicted molar refractivity (Wildman–Crippen MR) is 117 cm³/mol. The number of hydrogen-bond donors (Lipinski definition) is 1. The lowest BCUT2D eigenvalue weighted by Gasteiger charge is -2.36. The van der Waals surface area contributed by atoms with Gasteiger partial charge in [-0.05, 0) is 43.7 Å². The van der Waals surface area contributed by atoms with Gasteiger partial charge in [0.25, 0.3) is 0 Å². The molecule has 3 fully saturated rings. The van der Waals surface area contributed by atoms with E-state index in [9.17, 15) is 4.79 Å². The first kappa shape index (κ1) is 23.3. The van der Waals surface area contributed by atoms with Crippen molar-refractivity contribution in [3.63, 3.8) is 0 Å². The van der Waals surface area contributed by atoms with E-state index in [2.05, 4.69) is 15.1 Å². The quantitative estimate of drug-likeness (QED) is 0.754. The van der Waals surface area contributed by atoms with Gasteiger partial charge in [-0.2, -0.15) is 0 Å². The molecule has 3 aliphatic rings. The van der Waals surface area contributed by atoms with Crippen LogP contribution in [0.25, 0.3) is 0 Å². The number of ether oxygens (including phenoxy) is 1. The smallest absolute Gasteiger partial charge is 0.222 e. The summed E-state index contributed by atoms with van der Waals surface area (Å²) in [5.41, 5.74) is 0. The van der Waals surface area contributed by atoms with Gasteiger partial charge in [-0.15, -0.1) is 24.8 Å². The van der Waals surface area contributed by atoms with Crippen molar-refractivity contribution in [2.24, 2.45) is 5.92 Å². The molecule has 4 rings (SSSR count). The summed E-state index contributed by atoms with van der Waals surface area (Å²) >= 11 is 0. The van der Waals surface area contributed by atoms with Gasteiger partial charge in [0.1, 0.15) is 12.4 Å². The normalized spacial score (nSPS) is 26.9. The van der Waals surface area contributed by atoms with Crippen LogP contribution in [0.5, 0.6) is 5.75 Å². The summed E-state index contributed by atoms with van der Waals surface area (Å²) < 4.78 is 5.78. The van der Waals surface area contributed by atoms with Gasteiger partial charge in [0.15, 0.2) is 0 Å². The van der Waals surface area contributed by atoms with Crippen LogP contribution in [0.15, 0.2) is 30.3 Å². The van der Waals surface area contributed by atoms with Crippen LogP contribution in [0.3, 0.4) is 0 Å². The number of piperazine rings is 1. The highest BCUT2D eigenvalue weighted by Crippen LogP contribution is 2.33. The molecule has 3 saturated heterocycles. The highest BCUT2D eigenvalue weighted by Gasteiger charge is 2.35. The number of nitrogens with zero attached hydrogens (tertiary/aromatic N) is 2. The van der Waals surface area contributed by atoms with Crippen LogP contribution >= 0.6 is 24.8 Å². The number of hydrogen-bond acceptors (Lipinski definition) is 4. The molecule has 3 heterocycles. The van der Waals surface area contributed by atoms with E-state index in [0.717, 1.165) is 44.9 Å². The van der Waals surface area contributed by atoms with Crippen LogP contribution in [0.4, 0.5) is 0 Å². The summed E-state index contributed by atoms with van der Waals surface area (Å²) in [6.07, 6.45) is 5.75. The number of amides is 1. The molecule has 0 aromatic heterocycles. The zero-order valence-corrected chi connectivity index (χ0v) is 18.1. The lowest BCUT2D eigenvalue weighted by Crippen LogP contribution is -2.50. The third-order valence-corrected chi connectivity index (χ3v) is 6.18. The number of piperidine rings is 1. The average Bonchev–Trinajstić information content (AvgIpc) is 3.01. The van der Waals surface area contributed by atoms with E-state index in [1.165, 1.54) is 25.7 Å². The number of rotatable bonds is 6. The molecular formula is C21H33Cl2N3O2. The molecule has 7 heteroatoms.